The van der Waals surface area contributed by atoms with Gasteiger partial charge in [0.1, 0.15) is 0 Å². The first kappa shape index (κ1) is 11.4. The summed E-state index contributed by atoms with van der Waals surface area (Å²) in [6, 6.07) is 0.506. The quantitative estimate of drug-likeness (QED) is 0.712. The normalized spacial score (nSPS) is 40.6. The molecule has 1 N–H and O–H groups in total. The topological polar surface area (TPSA) is 32.7 Å². The van der Waals surface area contributed by atoms with Crippen molar-refractivity contribution in [1.29, 1.82) is 0 Å². The lowest BCUT2D eigenvalue weighted by atomic mass is 9.74. The van der Waals surface area contributed by atoms with Crippen LogP contribution in [0.4, 0.5) is 0 Å². The van der Waals surface area contributed by atoms with Gasteiger partial charge in [0.05, 0.1) is 5.60 Å². The predicted octanol–water partition coefficient (Wildman–Crippen LogP) is 1.26. The maximum Gasteiger partial charge on any atom is 0.0704 e. The monoisotopic (exact) mass is 213 g/mol. The van der Waals surface area contributed by atoms with Gasteiger partial charge in [0.15, 0.2) is 0 Å². The Bertz CT molecular complexity index is 216. The highest BCUT2D eigenvalue weighted by molar-refractivity contribution is 4.94. The second-order valence-electron chi connectivity index (χ2n) is 5.27. The summed E-state index contributed by atoms with van der Waals surface area (Å²) >= 11 is 0. The molecule has 15 heavy (non-hydrogen) atoms. The summed E-state index contributed by atoms with van der Waals surface area (Å²) in [5.74, 6) is 0.461. The fourth-order valence-electron chi connectivity index (χ4n) is 2.97. The molecule has 2 atom stereocenters. The lowest BCUT2D eigenvalue weighted by Gasteiger charge is -2.46. The Morgan fingerprint density at radius 2 is 2.00 bits per heavy atom. The van der Waals surface area contributed by atoms with Crippen molar-refractivity contribution in [3.8, 4) is 0 Å². The molecule has 2 aliphatic heterocycles. The fourth-order valence-corrected chi connectivity index (χ4v) is 2.97. The number of ether oxygens (including phenoxy) is 1. The lowest BCUT2D eigenvalue weighted by Crippen LogP contribution is -2.52. The molecule has 2 rings (SSSR count). The Balaban J connectivity index is 1.99. The Kier molecular flexibility index (Phi) is 3.33. The third-order valence-electron chi connectivity index (χ3n) is 4.28. The molecule has 0 radical (unpaired) electrons. The minimum atomic E-state index is -0.421. The minimum Gasteiger partial charge on any atom is -0.389 e. The van der Waals surface area contributed by atoms with E-state index in [0.29, 0.717) is 12.0 Å². The molecule has 0 aromatic rings. The molecular formula is C12H23NO2. The Morgan fingerprint density at radius 1 is 1.33 bits per heavy atom. The van der Waals surface area contributed by atoms with Gasteiger partial charge in [-0.1, -0.05) is 0 Å². The molecule has 0 aromatic heterocycles. The third kappa shape index (κ3) is 2.35. The second-order valence-corrected chi connectivity index (χ2v) is 5.27. The van der Waals surface area contributed by atoms with E-state index in [0.717, 1.165) is 45.4 Å². The Morgan fingerprint density at radius 3 is 2.60 bits per heavy atom. The van der Waals surface area contributed by atoms with E-state index < -0.39 is 5.60 Å². The molecule has 2 saturated heterocycles. The molecule has 3 heteroatoms. The first-order valence-corrected chi connectivity index (χ1v) is 6.12. The van der Waals surface area contributed by atoms with Gasteiger partial charge >= 0.3 is 0 Å². The van der Waals surface area contributed by atoms with Crippen LogP contribution in [0.5, 0.6) is 0 Å². The van der Waals surface area contributed by atoms with Crippen molar-refractivity contribution < 1.29 is 9.84 Å². The number of piperidine rings is 1. The van der Waals surface area contributed by atoms with E-state index in [1.54, 1.807) is 0 Å². The molecule has 2 aliphatic rings. The smallest absolute Gasteiger partial charge is 0.0704 e. The van der Waals surface area contributed by atoms with Gasteiger partial charge in [0.2, 0.25) is 0 Å². The van der Waals surface area contributed by atoms with Crippen molar-refractivity contribution in [2.45, 2.75) is 44.2 Å². The summed E-state index contributed by atoms with van der Waals surface area (Å²) < 4.78 is 5.36. The van der Waals surface area contributed by atoms with Gasteiger partial charge < -0.3 is 14.7 Å². The third-order valence-corrected chi connectivity index (χ3v) is 4.28. The molecule has 0 spiro atoms. The zero-order valence-corrected chi connectivity index (χ0v) is 9.91. The first-order valence-electron chi connectivity index (χ1n) is 6.12. The molecule has 0 saturated carbocycles. The lowest BCUT2D eigenvalue weighted by molar-refractivity contribution is -0.107. The first-order chi connectivity index (χ1) is 7.12. The van der Waals surface area contributed by atoms with Crippen LogP contribution in [-0.4, -0.2) is 48.5 Å². The second kappa shape index (κ2) is 4.40. The van der Waals surface area contributed by atoms with Gasteiger partial charge in [0, 0.05) is 25.8 Å². The summed E-state index contributed by atoms with van der Waals surface area (Å²) in [5, 5.41) is 10.7. The van der Waals surface area contributed by atoms with Gasteiger partial charge in [0.25, 0.3) is 0 Å². The highest BCUT2D eigenvalue weighted by atomic mass is 16.5. The zero-order chi connectivity index (χ0) is 10.9. The standard InChI is InChI=1S/C12H23NO2/c1-10-9-12(14,5-6-13(10)2)11-3-7-15-8-4-11/h10-11,14H,3-9H2,1-2H3. The van der Waals surface area contributed by atoms with Crippen LogP contribution in [0.25, 0.3) is 0 Å². The van der Waals surface area contributed by atoms with Crippen LogP contribution in [0.2, 0.25) is 0 Å². The molecule has 88 valence electrons. The SMILES string of the molecule is CC1CC(O)(C2CCOCC2)CCN1C. The van der Waals surface area contributed by atoms with Crippen molar-refractivity contribution in [3.05, 3.63) is 0 Å². The van der Waals surface area contributed by atoms with Crippen molar-refractivity contribution in [2.24, 2.45) is 5.92 Å². The molecule has 0 amide bonds. The molecular weight excluding hydrogens is 190 g/mol. The average molecular weight is 213 g/mol. The van der Waals surface area contributed by atoms with Crippen molar-refractivity contribution in [1.82, 2.24) is 4.90 Å². The molecule has 2 unspecified atom stereocenters. The van der Waals surface area contributed by atoms with Crippen molar-refractivity contribution in [2.75, 3.05) is 26.8 Å². The van der Waals surface area contributed by atoms with E-state index in [2.05, 4.69) is 18.9 Å². The zero-order valence-electron chi connectivity index (χ0n) is 9.91. The van der Waals surface area contributed by atoms with Crippen LogP contribution in [-0.2, 0) is 4.74 Å². The van der Waals surface area contributed by atoms with E-state index >= 15 is 0 Å². The number of hydrogen-bond acceptors (Lipinski definition) is 3. The van der Waals surface area contributed by atoms with Crippen LogP contribution < -0.4 is 0 Å². The summed E-state index contributed by atoms with van der Waals surface area (Å²) in [4.78, 5) is 2.34. The summed E-state index contributed by atoms with van der Waals surface area (Å²) in [5.41, 5.74) is -0.421. The molecule has 2 heterocycles. The van der Waals surface area contributed by atoms with Crippen LogP contribution >= 0.6 is 0 Å². The summed E-state index contributed by atoms with van der Waals surface area (Å²) in [6.07, 6.45) is 3.92. The highest BCUT2D eigenvalue weighted by Crippen LogP contribution is 2.37. The van der Waals surface area contributed by atoms with Crippen LogP contribution in [0, 0.1) is 5.92 Å². The van der Waals surface area contributed by atoms with E-state index in [4.69, 9.17) is 4.74 Å². The van der Waals surface area contributed by atoms with Crippen LogP contribution in [0.3, 0.4) is 0 Å². The van der Waals surface area contributed by atoms with Crippen molar-refractivity contribution >= 4 is 0 Å². The van der Waals surface area contributed by atoms with Crippen LogP contribution in [0.1, 0.15) is 32.6 Å². The maximum absolute atomic E-state index is 10.7. The summed E-state index contributed by atoms with van der Waals surface area (Å²) in [6.45, 7) is 4.90. The molecule has 0 aliphatic carbocycles. The minimum absolute atomic E-state index is 0.421. The summed E-state index contributed by atoms with van der Waals surface area (Å²) in [7, 11) is 2.15. The molecule has 0 bridgehead atoms. The highest BCUT2D eigenvalue weighted by Gasteiger charge is 2.41. The van der Waals surface area contributed by atoms with Gasteiger partial charge in [-0.25, -0.2) is 0 Å². The average Bonchev–Trinajstić information content (AvgIpc) is 2.26. The van der Waals surface area contributed by atoms with E-state index in [9.17, 15) is 5.11 Å². The Labute approximate surface area is 92.4 Å². The number of aliphatic hydroxyl groups is 1. The van der Waals surface area contributed by atoms with E-state index in [-0.39, 0.29) is 0 Å². The molecule has 3 nitrogen and oxygen atoms in total. The maximum atomic E-state index is 10.7. The van der Waals surface area contributed by atoms with Crippen LogP contribution in [0.15, 0.2) is 0 Å². The van der Waals surface area contributed by atoms with Crippen molar-refractivity contribution in [3.63, 3.8) is 0 Å². The number of rotatable bonds is 1. The van der Waals surface area contributed by atoms with Gasteiger partial charge in [-0.05, 0) is 45.6 Å². The fraction of sp³-hybridized carbons (Fsp3) is 1.00. The molecule has 2 fully saturated rings. The van der Waals surface area contributed by atoms with Gasteiger partial charge in [-0.15, -0.1) is 0 Å². The van der Waals surface area contributed by atoms with E-state index in [1.165, 1.54) is 0 Å². The van der Waals surface area contributed by atoms with Gasteiger partial charge in [-0.3, -0.25) is 0 Å². The largest absolute Gasteiger partial charge is 0.389 e. The number of hydrogen-bond donors (Lipinski definition) is 1. The number of likely N-dealkylation sites (tertiary alicyclic amines) is 1. The van der Waals surface area contributed by atoms with Gasteiger partial charge in [-0.2, -0.15) is 0 Å². The van der Waals surface area contributed by atoms with E-state index in [1.807, 2.05) is 0 Å². The Hall–Kier alpha value is -0.120. The molecule has 0 aromatic carbocycles. The predicted molar refractivity (Wildman–Crippen MR) is 59.8 cm³/mol. The number of nitrogens with zero attached hydrogens (tertiary/aromatic N) is 1.